The molecule has 0 unspecified atom stereocenters. The molecular formula is C27H23NO5. The first kappa shape index (κ1) is 20.7. The van der Waals surface area contributed by atoms with Crippen molar-refractivity contribution in [2.75, 3.05) is 21.3 Å². The highest BCUT2D eigenvalue weighted by Gasteiger charge is 2.35. The highest BCUT2D eigenvalue weighted by atomic mass is 16.5. The van der Waals surface area contributed by atoms with Crippen molar-refractivity contribution in [2.45, 2.75) is 6.04 Å². The summed E-state index contributed by atoms with van der Waals surface area (Å²) in [5, 5.41) is 0.924. The van der Waals surface area contributed by atoms with E-state index in [2.05, 4.69) is 0 Å². The van der Waals surface area contributed by atoms with E-state index < -0.39 is 12.1 Å². The minimum Gasteiger partial charge on any atom is -0.497 e. The largest absolute Gasteiger partial charge is 0.497 e. The lowest BCUT2D eigenvalue weighted by Gasteiger charge is -2.31. The van der Waals surface area contributed by atoms with Gasteiger partial charge in [-0.2, -0.15) is 0 Å². The number of carbonyl (C=O) groups excluding carboxylic acids is 1. The Morgan fingerprint density at radius 1 is 0.909 bits per heavy atom. The third-order valence-electron chi connectivity index (χ3n) is 5.92. The molecule has 1 aromatic heterocycles. The number of benzene rings is 3. The molecule has 4 aromatic rings. The van der Waals surface area contributed by atoms with E-state index in [4.69, 9.17) is 18.6 Å². The third-order valence-corrected chi connectivity index (χ3v) is 5.92. The predicted molar refractivity (Wildman–Crippen MR) is 126 cm³/mol. The first-order chi connectivity index (χ1) is 16.1. The number of methoxy groups -OCH3 is 3. The number of hydrogen-bond acceptors (Lipinski definition) is 5. The van der Waals surface area contributed by atoms with Crippen LogP contribution in [-0.4, -0.2) is 32.3 Å². The first-order valence-electron chi connectivity index (χ1n) is 10.5. The summed E-state index contributed by atoms with van der Waals surface area (Å²) in [5.74, 6) is 2.10. The summed E-state index contributed by atoms with van der Waals surface area (Å²) in [4.78, 5) is 14.3. The number of hydrogen-bond donors (Lipinski definition) is 0. The first-order valence-corrected chi connectivity index (χ1v) is 10.5. The zero-order valence-electron chi connectivity index (χ0n) is 18.6. The van der Waals surface area contributed by atoms with Crippen molar-refractivity contribution in [3.8, 4) is 22.6 Å². The Kier molecular flexibility index (Phi) is 5.26. The number of rotatable bonds is 4. The van der Waals surface area contributed by atoms with Crippen molar-refractivity contribution in [3.05, 3.63) is 89.8 Å². The van der Waals surface area contributed by atoms with Crippen LogP contribution in [0.5, 0.6) is 11.5 Å². The third kappa shape index (κ3) is 3.49. The second kappa shape index (κ2) is 8.39. The average Bonchev–Trinajstić information content (AvgIpc) is 3.25. The fraction of sp³-hybridized carbons (Fsp3) is 0.148. The van der Waals surface area contributed by atoms with Crippen LogP contribution in [0.2, 0.25) is 0 Å². The van der Waals surface area contributed by atoms with Gasteiger partial charge in [0.1, 0.15) is 28.9 Å². The molecule has 0 saturated carbocycles. The van der Waals surface area contributed by atoms with E-state index in [1.807, 2.05) is 72.8 Å². The summed E-state index contributed by atoms with van der Waals surface area (Å²) in [6, 6.07) is 21.0. The normalized spacial score (nSPS) is 14.8. The van der Waals surface area contributed by atoms with Gasteiger partial charge in [-0.15, -0.1) is 0 Å². The molecule has 0 spiro atoms. The Labute approximate surface area is 191 Å². The average molecular weight is 441 g/mol. The van der Waals surface area contributed by atoms with E-state index in [0.29, 0.717) is 17.1 Å². The summed E-state index contributed by atoms with van der Waals surface area (Å²) in [6.45, 7) is 0. The molecule has 1 atom stereocenters. The maximum Gasteiger partial charge on any atom is 0.414 e. The lowest BCUT2D eigenvalue weighted by atomic mass is 9.90. The van der Waals surface area contributed by atoms with Crippen LogP contribution in [0.3, 0.4) is 0 Å². The predicted octanol–water partition coefficient (Wildman–Crippen LogP) is 6.26. The summed E-state index contributed by atoms with van der Waals surface area (Å²) in [6.07, 6.45) is 3.18. The van der Waals surface area contributed by atoms with Crippen LogP contribution in [0.15, 0.2) is 77.3 Å². The number of ether oxygens (including phenoxy) is 3. The SMILES string of the molecule is COC(=O)N1C=Cc2ccccc2[C@@H]1c1oc2cc(OC)ccc2c1-c1ccc(OC)cc1. The van der Waals surface area contributed by atoms with Crippen molar-refractivity contribution in [2.24, 2.45) is 0 Å². The van der Waals surface area contributed by atoms with Gasteiger partial charge < -0.3 is 18.6 Å². The van der Waals surface area contributed by atoms with E-state index in [0.717, 1.165) is 33.4 Å². The molecule has 0 aliphatic carbocycles. The van der Waals surface area contributed by atoms with Gasteiger partial charge in [0.05, 0.1) is 21.3 Å². The number of nitrogens with zero attached hydrogens (tertiary/aromatic N) is 1. The Hall–Kier alpha value is -4.19. The van der Waals surface area contributed by atoms with Crippen LogP contribution < -0.4 is 9.47 Å². The maximum absolute atomic E-state index is 12.8. The molecule has 0 radical (unpaired) electrons. The molecule has 166 valence electrons. The highest BCUT2D eigenvalue weighted by molar-refractivity contribution is 5.97. The molecule has 2 heterocycles. The maximum atomic E-state index is 12.8. The molecule has 0 bridgehead atoms. The standard InChI is InChI=1S/C27H23NO5/c1-30-19-10-8-18(9-11-19)24-22-13-12-20(31-2)16-23(22)33-26(24)25-21-7-5-4-6-17(21)14-15-28(25)27(29)32-3/h4-16,25H,1-3H3/t25-/m1/s1. The quantitative estimate of drug-likeness (QED) is 0.374. The Balaban J connectivity index is 1.80. The second-order valence-electron chi connectivity index (χ2n) is 7.66. The van der Waals surface area contributed by atoms with Gasteiger partial charge in [-0.1, -0.05) is 36.4 Å². The van der Waals surface area contributed by atoms with Crippen LogP contribution in [0.1, 0.15) is 22.9 Å². The summed E-state index contributed by atoms with van der Waals surface area (Å²) >= 11 is 0. The van der Waals surface area contributed by atoms with E-state index in [-0.39, 0.29) is 0 Å². The Morgan fingerprint density at radius 2 is 1.64 bits per heavy atom. The molecule has 1 aliphatic heterocycles. The van der Waals surface area contributed by atoms with Crippen molar-refractivity contribution in [1.82, 2.24) is 4.90 Å². The molecular weight excluding hydrogens is 418 g/mol. The van der Waals surface area contributed by atoms with E-state index >= 15 is 0 Å². The molecule has 1 aliphatic rings. The van der Waals surface area contributed by atoms with Crippen molar-refractivity contribution in [3.63, 3.8) is 0 Å². The van der Waals surface area contributed by atoms with Gasteiger partial charge in [0.25, 0.3) is 0 Å². The molecule has 0 fully saturated rings. The van der Waals surface area contributed by atoms with Crippen LogP contribution in [0, 0.1) is 0 Å². The molecule has 6 nitrogen and oxygen atoms in total. The molecule has 0 saturated heterocycles. The molecule has 0 N–H and O–H groups in total. The smallest absolute Gasteiger partial charge is 0.414 e. The van der Waals surface area contributed by atoms with Crippen molar-refractivity contribution in [1.29, 1.82) is 0 Å². The fourth-order valence-electron chi connectivity index (χ4n) is 4.32. The lowest BCUT2D eigenvalue weighted by molar-refractivity contribution is 0.128. The van der Waals surface area contributed by atoms with Crippen molar-refractivity contribution >= 4 is 23.1 Å². The number of carbonyl (C=O) groups is 1. The molecule has 5 rings (SSSR count). The number of amides is 1. The van der Waals surface area contributed by atoms with Gasteiger partial charge in [0.2, 0.25) is 0 Å². The molecule has 33 heavy (non-hydrogen) atoms. The number of fused-ring (bicyclic) bond motifs is 2. The molecule has 3 aromatic carbocycles. The summed E-state index contributed by atoms with van der Waals surface area (Å²) in [7, 11) is 4.64. The zero-order chi connectivity index (χ0) is 22.9. The van der Waals surface area contributed by atoms with Gasteiger partial charge in [-0.3, -0.25) is 4.90 Å². The Morgan fingerprint density at radius 3 is 2.36 bits per heavy atom. The lowest BCUT2D eigenvalue weighted by Crippen LogP contribution is -2.33. The van der Waals surface area contributed by atoms with E-state index in [1.54, 1.807) is 25.3 Å². The second-order valence-corrected chi connectivity index (χ2v) is 7.66. The van der Waals surface area contributed by atoms with E-state index in [1.165, 1.54) is 7.11 Å². The van der Waals surface area contributed by atoms with Crippen LogP contribution in [0.25, 0.3) is 28.2 Å². The van der Waals surface area contributed by atoms with Gasteiger partial charge in [0.15, 0.2) is 0 Å². The Bertz CT molecular complexity index is 1350. The summed E-state index contributed by atoms with van der Waals surface area (Å²) < 4.78 is 22.3. The van der Waals surface area contributed by atoms with Gasteiger partial charge >= 0.3 is 6.09 Å². The van der Waals surface area contributed by atoms with Crippen LogP contribution >= 0.6 is 0 Å². The fourth-order valence-corrected chi connectivity index (χ4v) is 4.32. The minimum atomic E-state index is -0.505. The molecule has 1 amide bonds. The van der Waals surface area contributed by atoms with Crippen LogP contribution in [-0.2, 0) is 4.74 Å². The monoisotopic (exact) mass is 441 g/mol. The van der Waals surface area contributed by atoms with Gasteiger partial charge in [-0.25, -0.2) is 4.79 Å². The van der Waals surface area contributed by atoms with Gasteiger partial charge in [-0.05, 0) is 47.0 Å². The van der Waals surface area contributed by atoms with Gasteiger partial charge in [0, 0.05) is 23.2 Å². The highest BCUT2D eigenvalue weighted by Crippen LogP contribution is 2.45. The minimum absolute atomic E-state index is 0.468. The van der Waals surface area contributed by atoms with Crippen LogP contribution in [0.4, 0.5) is 4.79 Å². The molecule has 6 heteroatoms. The summed E-state index contributed by atoms with van der Waals surface area (Å²) in [5.41, 5.74) is 4.49. The zero-order valence-corrected chi connectivity index (χ0v) is 18.6. The van der Waals surface area contributed by atoms with E-state index in [9.17, 15) is 4.79 Å². The van der Waals surface area contributed by atoms with Crippen molar-refractivity contribution < 1.29 is 23.4 Å². The number of furan rings is 1. The topological polar surface area (TPSA) is 61.1 Å².